The fourth-order valence-electron chi connectivity index (χ4n) is 2.34. The second-order valence-electron chi connectivity index (χ2n) is 6.53. The maximum atomic E-state index is 12.3. The molecule has 0 bridgehead atoms. The largest absolute Gasteiger partial charge is 0.383 e. The number of amides is 3. The zero-order chi connectivity index (χ0) is 20.0. The van der Waals surface area contributed by atoms with Crippen molar-refractivity contribution in [2.24, 2.45) is 5.92 Å². The Morgan fingerprint density at radius 2 is 2.07 bits per heavy atom. The third-order valence-electron chi connectivity index (χ3n) is 3.75. The highest BCUT2D eigenvalue weighted by molar-refractivity contribution is 8.00. The monoisotopic (exact) mass is 412 g/mol. The number of carbonyl (C=O) groups excluding carboxylic acids is 2. The molecular weight excluding hydrogens is 388 g/mol. The van der Waals surface area contributed by atoms with E-state index in [1.165, 1.54) is 11.8 Å². The molecule has 0 fully saturated rings. The maximum absolute atomic E-state index is 12.3. The van der Waals surface area contributed by atoms with Crippen LogP contribution in [0.25, 0.3) is 11.0 Å². The number of nitrogens with zero attached hydrogens (tertiary/aromatic N) is 2. The second-order valence-corrected chi connectivity index (χ2v) is 8.27. The molecule has 1 unspecified atom stereocenters. The predicted octanol–water partition coefficient (Wildman–Crippen LogP) is 3.30. The van der Waals surface area contributed by atoms with Crippen molar-refractivity contribution in [3.8, 4) is 0 Å². The van der Waals surface area contributed by atoms with Crippen molar-refractivity contribution < 1.29 is 14.3 Å². The van der Waals surface area contributed by atoms with Gasteiger partial charge in [0.1, 0.15) is 0 Å². The van der Waals surface area contributed by atoms with Crippen molar-refractivity contribution in [2.45, 2.75) is 37.7 Å². The normalized spacial score (nSPS) is 12.4. The molecule has 0 saturated carbocycles. The minimum Gasteiger partial charge on any atom is -0.383 e. The van der Waals surface area contributed by atoms with Crippen molar-refractivity contribution in [1.29, 1.82) is 0 Å². The number of halogens is 1. The van der Waals surface area contributed by atoms with Gasteiger partial charge in [-0.1, -0.05) is 37.2 Å². The standard InChI is InChI=1S/C18H25ClN4O3S/c1-11(2)10-20-17(25)22-16(24)12(3)27-18-21-14-9-13(19)5-6-15(14)23(18)7-8-26-4/h5-6,9,11-12H,7-8,10H2,1-4H3,(H2,20,22,24,25). The highest BCUT2D eigenvalue weighted by Crippen LogP contribution is 2.28. The molecule has 1 aromatic carbocycles. The molecule has 0 aliphatic rings. The maximum Gasteiger partial charge on any atom is 0.321 e. The van der Waals surface area contributed by atoms with Crippen LogP contribution in [-0.4, -0.2) is 47.0 Å². The number of urea groups is 1. The summed E-state index contributed by atoms with van der Waals surface area (Å²) >= 11 is 7.35. The number of methoxy groups -OCH3 is 1. The van der Waals surface area contributed by atoms with E-state index in [4.69, 9.17) is 16.3 Å². The van der Waals surface area contributed by atoms with Gasteiger partial charge in [-0.05, 0) is 31.0 Å². The summed E-state index contributed by atoms with van der Waals surface area (Å²) in [6.07, 6.45) is 0. The molecule has 1 aromatic heterocycles. The van der Waals surface area contributed by atoms with E-state index in [0.717, 1.165) is 11.0 Å². The Hall–Kier alpha value is -1.77. The van der Waals surface area contributed by atoms with Crippen molar-refractivity contribution in [1.82, 2.24) is 20.2 Å². The van der Waals surface area contributed by atoms with Gasteiger partial charge in [0.05, 0.1) is 22.9 Å². The van der Waals surface area contributed by atoms with Gasteiger partial charge < -0.3 is 14.6 Å². The second kappa shape index (κ2) is 9.96. The summed E-state index contributed by atoms with van der Waals surface area (Å²) in [4.78, 5) is 28.7. The van der Waals surface area contributed by atoms with Crippen LogP contribution in [0.3, 0.4) is 0 Å². The van der Waals surface area contributed by atoms with Crippen molar-refractivity contribution in [3.05, 3.63) is 23.2 Å². The van der Waals surface area contributed by atoms with Crippen LogP contribution >= 0.6 is 23.4 Å². The summed E-state index contributed by atoms with van der Waals surface area (Å²) in [5.41, 5.74) is 1.67. The summed E-state index contributed by atoms with van der Waals surface area (Å²) in [6.45, 7) is 7.33. The average Bonchev–Trinajstić information content (AvgIpc) is 2.93. The van der Waals surface area contributed by atoms with Crippen LogP contribution in [0.4, 0.5) is 4.79 Å². The quantitative estimate of drug-likeness (QED) is 0.650. The molecule has 2 rings (SSSR count). The van der Waals surface area contributed by atoms with E-state index < -0.39 is 11.3 Å². The lowest BCUT2D eigenvalue weighted by Gasteiger charge is -2.13. The number of hydrogen-bond donors (Lipinski definition) is 2. The first-order valence-electron chi connectivity index (χ1n) is 8.72. The molecule has 2 aromatic rings. The third-order valence-corrected chi connectivity index (χ3v) is 5.08. The lowest BCUT2D eigenvalue weighted by molar-refractivity contribution is -0.119. The molecule has 7 nitrogen and oxygen atoms in total. The Morgan fingerprint density at radius 1 is 1.33 bits per heavy atom. The van der Waals surface area contributed by atoms with E-state index in [1.54, 1.807) is 26.2 Å². The number of ether oxygens (including phenoxy) is 1. The summed E-state index contributed by atoms with van der Waals surface area (Å²) < 4.78 is 7.17. The van der Waals surface area contributed by atoms with Gasteiger partial charge in [-0.2, -0.15) is 0 Å². The first-order chi connectivity index (χ1) is 12.8. The molecule has 2 N–H and O–H groups in total. The Kier molecular flexibility index (Phi) is 7.94. The number of nitrogens with one attached hydrogen (secondary N) is 2. The molecule has 27 heavy (non-hydrogen) atoms. The summed E-state index contributed by atoms with van der Waals surface area (Å²) in [5, 5.41) is 5.81. The molecule has 0 spiro atoms. The molecule has 1 heterocycles. The van der Waals surface area contributed by atoms with Crippen LogP contribution in [-0.2, 0) is 16.1 Å². The number of imide groups is 1. The Bertz CT molecular complexity index is 809. The van der Waals surface area contributed by atoms with Crippen molar-refractivity contribution in [3.63, 3.8) is 0 Å². The van der Waals surface area contributed by atoms with Crippen LogP contribution in [0.15, 0.2) is 23.4 Å². The van der Waals surface area contributed by atoms with E-state index in [2.05, 4.69) is 15.6 Å². The minimum absolute atomic E-state index is 0.310. The number of fused-ring (bicyclic) bond motifs is 1. The van der Waals surface area contributed by atoms with Gasteiger partial charge in [0.2, 0.25) is 5.91 Å². The number of aromatic nitrogens is 2. The van der Waals surface area contributed by atoms with Crippen LogP contribution in [0, 0.1) is 5.92 Å². The lowest BCUT2D eigenvalue weighted by Crippen LogP contribution is -2.43. The number of carbonyl (C=O) groups is 2. The zero-order valence-electron chi connectivity index (χ0n) is 15.9. The summed E-state index contributed by atoms with van der Waals surface area (Å²) in [6, 6.07) is 5.00. The Balaban J connectivity index is 2.11. The molecule has 0 aliphatic carbocycles. The molecule has 148 valence electrons. The first kappa shape index (κ1) is 21.5. The molecule has 0 saturated heterocycles. The summed E-state index contributed by atoms with van der Waals surface area (Å²) in [7, 11) is 1.63. The van der Waals surface area contributed by atoms with E-state index in [9.17, 15) is 9.59 Å². The number of hydrogen-bond acceptors (Lipinski definition) is 5. The molecular formula is C18H25ClN4O3S. The van der Waals surface area contributed by atoms with E-state index in [1.807, 2.05) is 24.5 Å². The average molecular weight is 413 g/mol. The van der Waals surface area contributed by atoms with Gasteiger partial charge in [-0.3, -0.25) is 10.1 Å². The predicted molar refractivity (Wildman–Crippen MR) is 108 cm³/mol. The summed E-state index contributed by atoms with van der Waals surface area (Å²) in [5.74, 6) is -0.0604. The van der Waals surface area contributed by atoms with Gasteiger partial charge in [0.25, 0.3) is 0 Å². The highest BCUT2D eigenvalue weighted by atomic mass is 35.5. The van der Waals surface area contributed by atoms with Crippen LogP contribution < -0.4 is 10.6 Å². The number of benzene rings is 1. The Labute approximate surface area is 168 Å². The molecule has 3 amide bonds. The van der Waals surface area contributed by atoms with Gasteiger partial charge in [0, 0.05) is 25.2 Å². The molecule has 1 atom stereocenters. The third kappa shape index (κ3) is 6.12. The van der Waals surface area contributed by atoms with Crippen molar-refractivity contribution >= 4 is 46.3 Å². The number of thioether (sulfide) groups is 1. The smallest absolute Gasteiger partial charge is 0.321 e. The number of imidazole rings is 1. The van der Waals surface area contributed by atoms with Gasteiger partial charge in [-0.15, -0.1) is 0 Å². The molecule has 9 heteroatoms. The minimum atomic E-state index is -0.497. The van der Waals surface area contributed by atoms with Crippen LogP contribution in [0.2, 0.25) is 5.02 Å². The van der Waals surface area contributed by atoms with Gasteiger partial charge in [-0.25, -0.2) is 9.78 Å². The van der Waals surface area contributed by atoms with Crippen LogP contribution in [0.5, 0.6) is 0 Å². The molecule has 0 radical (unpaired) electrons. The number of rotatable bonds is 8. The topological polar surface area (TPSA) is 85.2 Å². The van der Waals surface area contributed by atoms with E-state index >= 15 is 0 Å². The zero-order valence-corrected chi connectivity index (χ0v) is 17.5. The Morgan fingerprint density at radius 3 is 2.74 bits per heavy atom. The van der Waals surface area contributed by atoms with Gasteiger partial charge in [0.15, 0.2) is 5.16 Å². The SMILES string of the molecule is COCCn1c(SC(C)C(=O)NC(=O)NCC(C)C)nc2cc(Cl)ccc21. The highest BCUT2D eigenvalue weighted by Gasteiger charge is 2.21. The first-order valence-corrected chi connectivity index (χ1v) is 9.97. The van der Waals surface area contributed by atoms with Crippen LogP contribution in [0.1, 0.15) is 20.8 Å². The van der Waals surface area contributed by atoms with E-state index in [0.29, 0.717) is 35.8 Å². The van der Waals surface area contributed by atoms with Gasteiger partial charge >= 0.3 is 6.03 Å². The lowest BCUT2D eigenvalue weighted by atomic mass is 10.2. The molecule has 0 aliphatic heterocycles. The van der Waals surface area contributed by atoms with Crippen molar-refractivity contribution in [2.75, 3.05) is 20.3 Å². The van der Waals surface area contributed by atoms with E-state index in [-0.39, 0.29) is 5.91 Å². The fourth-order valence-corrected chi connectivity index (χ4v) is 3.45. The fraction of sp³-hybridized carbons (Fsp3) is 0.500.